The van der Waals surface area contributed by atoms with Crippen molar-refractivity contribution >= 4 is 40.4 Å². The molecular weight excluding hydrogens is 368 g/mol. The number of aromatic nitrogens is 2. The van der Waals surface area contributed by atoms with Crippen LogP contribution in [0.15, 0.2) is 47.3 Å². The maximum atomic E-state index is 13.0. The van der Waals surface area contributed by atoms with E-state index in [9.17, 15) is 4.79 Å². The summed E-state index contributed by atoms with van der Waals surface area (Å²) in [5.41, 5.74) is 2.28. The zero-order valence-corrected chi connectivity index (χ0v) is 16.0. The number of likely N-dealkylation sites (N-methyl/N-ethyl adjacent to an activating group) is 1. The second-order valence-electron chi connectivity index (χ2n) is 6.54. The standard InChI is InChI=1S/C19H19ClN4OS/c1-22-8-10-23(11-9-22)13-6-7-14-16(12-13)21-19(26)24(18(14)25)17-5-3-2-4-15(17)20/h2-7,12H,8-11H2,1H3,(H,21,26). The molecule has 4 rings (SSSR count). The van der Waals surface area contributed by atoms with Crippen molar-refractivity contribution in [1.29, 1.82) is 0 Å². The summed E-state index contributed by atoms with van der Waals surface area (Å²) in [6.45, 7) is 4.00. The molecule has 0 saturated carbocycles. The summed E-state index contributed by atoms with van der Waals surface area (Å²) in [6, 6.07) is 13.1. The molecule has 3 aromatic rings. The fourth-order valence-electron chi connectivity index (χ4n) is 3.32. The van der Waals surface area contributed by atoms with Crippen molar-refractivity contribution < 1.29 is 0 Å². The molecule has 0 amide bonds. The normalized spacial score (nSPS) is 15.5. The number of benzene rings is 2. The molecule has 1 N–H and O–H groups in total. The number of nitrogens with one attached hydrogen (secondary N) is 1. The molecule has 1 aromatic heterocycles. The van der Waals surface area contributed by atoms with Gasteiger partial charge in [-0.15, -0.1) is 0 Å². The predicted octanol–water partition coefficient (Wildman–Crippen LogP) is 3.45. The van der Waals surface area contributed by atoms with Gasteiger partial charge < -0.3 is 14.8 Å². The Kier molecular flexibility index (Phi) is 4.56. The van der Waals surface area contributed by atoms with E-state index in [1.807, 2.05) is 30.3 Å². The summed E-state index contributed by atoms with van der Waals surface area (Å²) in [5.74, 6) is 0. The van der Waals surface area contributed by atoms with Gasteiger partial charge in [0, 0.05) is 31.9 Å². The highest BCUT2D eigenvalue weighted by atomic mass is 35.5. The minimum Gasteiger partial charge on any atom is -0.369 e. The van der Waals surface area contributed by atoms with E-state index in [0.29, 0.717) is 20.9 Å². The summed E-state index contributed by atoms with van der Waals surface area (Å²) in [6.07, 6.45) is 0. The molecule has 0 atom stereocenters. The van der Waals surface area contributed by atoms with Gasteiger partial charge in [0.25, 0.3) is 5.56 Å². The van der Waals surface area contributed by atoms with Crippen molar-refractivity contribution in [3.8, 4) is 5.69 Å². The molecule has 0 aliphatic carbocycles. The van der Waals surface area contributed by atoms with Crippen LogP contribution >= 0.6 is 23.8 Å². The number of anilines is 1. The Morgan fingerprint density at radius 3 is 2.54 bits per heavy atom. The maximum absolute atomic E-state index is 13.0. The number of para-hydroxylation sites is 1. The Labute approximate surface area is 161 Å². The minimum atomic E-state index is -0.165. The molecule has 1 saturated heterocycles. The van der Waals surface area contributed by atoms with Crippen LogP contribution in [0.1, 0.15) is 0 Å². The van der Waals surface area contributed by atoms with Crippen LogP contribution in [-0.2, 0) is 0 Å². The molecule has 5 nitrogen and oxygen atoms in total. The van der Waals surface area contributed by atoms with Crippen molar-refractivity contribution in [2.45, 2.75) is 0 Å². The number of rotatable bonds is 2. The number of H-pyrrole nitrogens is 1. The van der Waals surface area contributed by atoms with E-state index >= 15 is 0 Å². The van der Waals surface area contributed by atoms with Crippen LogP contribution in [0.5, 0.6) is 0 Å². The van der Waals surface area contributed by atoms with E-state index in [4.69, 9.17) is 23.8 Å². The summed E-state index contributed by atoms with van der Waals surface area (Å²) >= 11 is 11.7. The van der Waals surface area contributed by atoms with Crippen molar-refractivity contribution in [1.82, 2.24) is 14.5 Å². The van der Waals surface area contributed by atoms with E-state index in [0.717, 1.165) is 37.4 Å². The van der Waals surface area contributed by atoms with E-state index in [-0.39, 0.29) is 5.56 Å². The molecule has 0 radical (unpaired) electrons. The first-order chi connectivity index (χ1) is 12.5. The molecule has 134 valence electrons. The Morgan fingerprint density at radius 2 is 1.81 bits per heavy atom. The number of halogens is 1. The van der Waals surface area contributed by atoms with Gasteiger partial charge in [0.2, 0.25) is 0 Å². The van der Waals surface area contributed by atoms with Gasteiger partial charge in [0.15, 0.2) is 4.77 Å². The number of fused-ring (bicyclic) bond motifs is 1. The van der Waals surface area contributed by atoms with Gasteiger partial charge in [-0.05, 0) is 49.6 Å². The fourth-order valence-corrected chi connectivity index (χ4v) is 3.83. The zero-order valence-electron chi connectivity index (χ0n) is 14.4. The summed E-state index contributed by atoms with van der Waals surface area (Å²) in [4.78, 5) is 20.9. The molecule has 2 heterocycles. The highest BCUT2D eigenvalue weighted by Gasteiger charge is 2.16. The molecule has 1 aliphatic heterocycles. The largest absolute Gasteiger partial charge is 0.369 e. The van der Waals surface area contributed by atoms with Crippen LogP contribution in [0.3, 0.4) is 0 Å². The van der Waals surface area contributed by atoms with Crippen molar-refractivity contribution in [2.75, 3.05) is 38.1 Å². The van der Waals surface area contributed by atoms with E-state index < -0.39 is 0 Å². The molecule has 0 unspecified atom stereocenters. The van der Waals surface area contributed by atoms with E-state index in [1.54, 1.807) is 12.1 Å². The predicted molar refractivity (Wildman–Crippen MR) is 109 cm³/mol. The van der Waals surface area contributed by atoms with E-state index in [2.05, 4.69) is 21.8 Å². The second kappa shape index (κ2) is 6.87. The van der Waals surface area contributed by atoms with Crippen LogP contribution in [0, 0.1) is 4.77 Å². The number of nitrogens with zero attached hydrogens (tertiary/aromatic N) is 3. The molecule has 7 heteroatoms. The summed E-state index contributed by atoms with van der Waals surface area (Å²) in [5, 5.41) is 1.08. The minimum absolute atomic E-state index is 0.165. The molecule has 2 aromatic carbocycles. The monoisotopic (exact) mass is 386 g/mol. The highest BCUT2D eigenvalue weighted by Crippen LogP contribution is 2.23. The third-order valence-corrected chi connectivity index (χ3v) is 5.45. The quantitative estimate of drug-likeness (QED) is 0.685. The molecule has 0 spiro atoms. The molecule has 26 heavy (non-hydrogen) atoms. The average molecular weight is 387 g/mol. The molecule has 1 aliphatic rings. The van der Waals surface area contributed by atoms with Crippen LogP contribution < -0.4 is 10.5 Å². The highest BCUT2D eigenvalue weighted by molar-refractivity contribution is 7.71. The number of aromatic amines is 1. The second-order valence-corrected chi connectivity index (χ2v) is 7.34. The van der Waals surface area contributed by atoms with Gasteiger partial charge in [-0.25, -0.2) is 0 Å². The van der Waals surface area contributed by atoms with Gasteiger partial charge in [-0.1, -0.05) is 23.7 Å². The lowest BCUT2D eigenvalue weighted by Crippen LogP contribution is -2.44. The van der Waals surface area contributed by atoms with Gasteiger partial charge >= 0.3 is 0 Å². The van der Waals surface area contributed by atoms with E-state index in [1.165, 1.54) is 4.57 Å². The average Bonchev–Trinajstić information content (AvgIpc) is 2.63. The van der Waals surface area contributed by atoms with Gasteiger partial charge in [-0.3, -0.25) is 9.36 Å². The first-order valence-corrected chi connectivity index (χ1v) is 9.31. The lowest BCUT2D eigenvalue weighted by Gasteiger charge is -2.34. The van der Waals surface area contributed by atoms with Crippen LogP contribution in [-0.4, -0.2) is 47.7 Å². The lowest BCUT2D eigenvalue weighted by atomic mass is 10.2. The third-order valence-electron chi connectivity index (χ3n) is 4.84. The van der Waals surface area contributed by atoms with Gasteiger partial charge in [0.1, 0.15) is 0 Å². The molecule has 1 fully saturated rings. The van der Waals surface area contributed by atoms with Crippen molar-refractivity contribution in [3.63, 3.8) is 0 Å². The number of hydrogen-bond donors (Lipinski definition) is 1. The van der Waals surface area contributed by atoms with Crippen molar-refractivity contribution in [3.05, 3.63) is 62.6 Å². The Hall–Kier alpha value is -2.15. The van der Waals surface area contributed by atoms with Crippen LogP contribution in [0.2, 0.25) is 5.02 Å². The summed E-state index contributed by atoms with van der Waals surface area (Å²) in [7, 11) is 2.13. The summed E-state index contributed by atoms with van der Waals surface area (Å²) < 4.78 is 1.79. The van der Waals surface area contributed by atoms with Gasteiger partial charge in [0.05, 0.1) is 21.6 Å². The van der Waals surface area contributed by atoms with Crippen molar-refractivity contribution in [2.24, 2.45) is 0 Å². The number of piperazine rings is 1. The Balaban J connectivity index is 1.83. The Morgan fingerprint density at radius 1 is 1.08 bits per heavy atom. The first-order valence-electron chi connectivity index (χ1n) is 8.52. The third kappa shape index (κ3) is 3.05. The maximum Gasteiger partial charge on any atom is 0.266 e. The smallest absolute Gasteiger partial charge is 0.266 e. The fraction of sp³-hybridized carbons (Fsp3) is 0.263. The molecule has 0 bridgehead atoms. The molecular formula is C19H19ClN4OS. The lowest BCUT2D eigenvalue weighted by molar-refractivity contribution is 0.313. The first kappa shape index (κ1) is 17.3. The van der Waals surface area contributed by atoms with Gasteiger partial charge in [-0.2, -0.15) is 0 Å². The van der Waals surface area contributed by atoms with Crippen LogP contribution in [0.25, 0.3) is 16.6 Å². The van der Waals surface area contributed by atoms with Crippen LogP contribution in [0.4, 0.5) is 5.69 Å². The topological polar surface area (TPSA) is 44.3 Å². The zero-order chi connectivity index (χ0) is 18.3. The number of hydrogen-bond acceptors (Lipinski definition) is 4. The SMILES string of the molecule is CN1CCN(c2ccc3c(=O)n(-c4ccccc4Cl)c(=S)[nH]c3c2)CC1. The Bertz CT molecular complexity index is 1080.